The lowest BCUT2D eigenvalue weighted by atomic mass is 10.1. The number of rotatable bonds is 6. The largest absolute Gasteiger partial charge is 0.463 e. The second kappa shape index (κ2) is 10.3. The third kappa shape index (κ3) is 5.84. The van der Waals surface area contributed by atoms with Crippen LogP contribution in [0.5, 0.6) is 6.01 Å². The van der Waals surface area contributed by atoms with Gasteiger partial charge in [0, 0.05) is 48.0 Å². The maximum absolute atomic E-state index is 13.0. The Kier molecular flexibility index (Phi) is 7.17. The monoisotopic (exact) mass is 601 g/mol. The molecule has 0 spiro atoms. The fourth-order valence-electron chi connectivity index (χ4n) is 6.19. The molecule has 1 amide bonds. The van der Waals surface area contributed by atoms with Crippen molar-refractivity contribution in [1.82, 2.24) is 19.8 Å². The summed E-state index contributed by atoms with van der Waals surface area (Å²) < 4.78 is 18.7. The van der Waals surface area contributed by atoms with Crippen LogP contribution in [0.1, 0.15) is 52.0 Å². The Morgan fingerprint density at radius 1 is 1.13 bits per heavy atom. The highest BCUT2D eigenvalue weighted by molar-refractivity contribution is 9.10. The zero-order chi connectivity index (χ0) is 27.4. The zero-order valence-corrected chi connectivity index (χ0v) is 25.1. The molecule has 0 radical (unpaired) electrons. The molecule has 2 bridgehead atoms. The lowest BCUT2D eigenvalue weighted by Crippen LogP contribution is -2.57. The van der Waals surface area contributed by atoms with Gasteiger partial charge in [-0.2, -0.15) is 9.97 Å². The van der Waals surface area contributed by atoms with E-state index in [1.54, 1.807) is 0 Å². The zero-order valence-electron chi connectivity index (χ0n) is 23.5. The van der Waals surface area contributed by atoms with Crippen LogP contribution in [0.25, 0.3) is 10.9 Å². The molecule has 4 aliphatic rings. The van der Waals surface area contributed by atoms with Crippen LogP contribution < -0.4 is 9.64 Å². The van der Waals surface area contributed by atoms with E-state index in [0.29, 0.717) is 12.6 Å². The molecular formula is C29H40BrN5O4. The highest BCUT2D eigenvalue weighted by atomic mass is 79.9. The molecule has 1 saturated carbocycles. The number of ether oxygens (including phenoxy) is 3. The van der Waals surface area contributed by atoms with Gasteiger partial charge in [-0.25, -0.2) is 4.79 Å². The normalized spacial score (nSPS) is 24.7. The van der Waals surface area contributed by atoms with Crippen molar-refractivity contribution < 1.29 is 19.0 Å². The van der Waals surface area contributed by atoms with E-state index in [1.165, 1.54) is 12.8 Å². The summed E-state index contributed by atoms with van der Waals surface area (Å²) >= 11 is 3.69. The number of benzene rings is 1. The van der Waals surface area contributed by atoms with Crippen LogP contribution >= 0.6 is 15.9 Å². The Labute approximate surface area is 239 Å². The van der Waals surface area contributed by atoms with E-state index >= 15 is 0 Å². The van der Waals surface area contributed by atoms with E-state index in [-0.39, 0.29) is 23.6 Å². The Bertz CT molecular complexity index is 1230. The predicted octanol–water partition coefficient (Wildman–Crippen LogP) is 4.78. The number of aromatic nitrogens is 2. The van der Waals surface area contributed by atoms with Gasteiger partial charge >= 0.3 is 12.1 Å². The molecule has 10 heteroatoms. The summed E-state index contributed by atoms with van der Waals surface area (Å²) in [6.45, 7) is 14.6. The van der Waals surface area contributed by atoms with Crippen LogP contribution in [-0.2, 0) is 9.47 Å². The summed E-state index contributed by atoms with van der Waals surface area (Å²) in [5.41, 5.74) is 1.68. The summed E-state index contributed by atoms with van der Waals surface area (Å²) in [5.74, 6) is 0.893. The average Bonchev–Trinajstić information content (AvgIpc) is 3.59. The highest BCUT2D eigenvalue weighted by Gasteiger charge is 2.46. The van der Waals surface area contributed by atoms with Crippen LogP contribution in [0, 0.1) is 12.3 Å². The number of hydrogen-bond donors (Lipinski definition) is 0. The number of halogens is 1. The van der Waals surface area contributed by atoms with E-state index in [0.717, 1.165) is 85.5 Å². The summed E-state index contributed by atoms with van der Waals surface area (Å²) in [6, 6.07) is 4.86. The van der Waals surface area contributed by atoms with Gasteiger partial charge < -0.3 is 19.1 Å². The summed E-state index contributed by atoms with van der Waals surface area (Å²) in [7, 11) is 0. The Hall–Kier alpha value is -2.17. The fourth-order valence-corrected chi connectivity index (χ4v) is 6.52. The number of hydrogen-bond acceptors (Lipinski definition) is 8. The molecule has 3 saturated heterocycles. The number of carbonyl (C=O) groups excluding carboxylic acids is 1. The van der Waals surface area contributed by atoms with Crippen molar-refractivity contribution >= 4 is 38.7 Å². The highest BCUT2D eigenvalue weighted by Crippen LogP contribution is 2.47. The Morgan fingerprint density at radius 2 is 1.82 bits per heavy atom. The van der Waals surface area contributed by atoms with Gasteiger partial charge in [-0.3, -0.25) is 9.80 Å². The van der Waals surface area contributed by atoms with Crippen molar-refractivity contribution in [3.63, 3.8) is 0 Å². The summed E-state index contributed by atoms with van der Waals surface area (Å²) in [6.07, 6.45) is 4.08. The van der Waals surface area contributed by atoms with Crippen molar-refractivity contribution in [1.29, 1.82) is 0 Å². The molecular weight excluding hydrogens is 562 g/mol. The first kappa shape index (κ1) is 27.0. The van der Waals surface area contributed by atoms with Crippen LogP contribution in [0.2, 0.25) is 0 Å². The van der Waals surface area contributed by atoms with Gasteiger partial charge in [0.25, 0.3) is 0 Å². The van der Waals surface area contributed by atoms with Gasteiger partial charge in [0.2, 0.25) is 0 Å². The second-order valence-electron chi connectivity index (χ2n) is 12.8. The number of nitrogens with zero attached hydrogens (tertiary/aromatic N) is 5. The number of carbonyl (C=O) groups is 1. The molecule has 4 fully saturated rings. The van der Waals surface area contributed by atoms with E-state index in [9.17, 15) is 4.79 Å². The Balaban J connectivity index is 1.23. The number of fused-ring (bicyclic) bond motifs is 3. The van der Waals surface area contributed by atoms with Gasteiger partial charge in [-0.1, -0.05) is 15.9 Å². The molecule has 9 nitrogen and oxygen atoms in total. The van der Waals surface area contributed by atoms with E-state index < -0.39 is 5.60 Å². The van der Waals surface area contributed by atoms with Crippen LogP contribution in [-0.4, -0.2) is 96.1 Å². The number of amides is 1. The molecule has 39 heavy (non-hydrogen) atoms. The lowest BCUT2D eigenvalue weighted by Gasteiger charge is -2.42. The van der Waals surface area contributed by atoms with Crippen molar-refractivity contribution in [2.45, 2.75) is 71.1 Å². The minimum atomic E-state index is -0.506. The van der Waals surface area contributed by atoms with Gasteiger partial charge in [-0.05, 0) is 71.1 Å². The maximum atomic E-state index is 13.0. The molecule has 0 N–H and O–H groups in total. The fraction of sp³-hybridized carbons (Fsp3) is 0.690. The van der Waals surface area contributed by atoms with Gasteiger partial charge in [0.1, 0.15) is 11.4 Å². The quantitative estimate of drug-likeness (QED) is 0.468. The average molecular weight is 603 g/mol. The van der Waals surface area contributed by atoms with Crippen LogP contribution in [0.4, 0.5) is 10.6 Å². The van der Waals surface area contributed by atoms with Crippen LogP contribution in [0.3, 0.4) is 0 Å². The molecule has 1 aliphatic carbocycles. The molecule has 6 rings (SSSR count). The number of morpholine rings is 1. The van der Waals surface area contributed by atoms with Gasteiger partial charge in [-0.15, -0.1) is 0 Å². The molecule has 1 aromatic heterocycles. The molecule has 212 valence electrons. The molecule has 2 aromatic rings. The standard InChI is InChI=1S/C29H40BrN5O4/c1-19-13-22-24(14-23(19)30)31-26(38-18-29(7-8-29)17-33-9-11-37-12-10-33)32-25(22)34-15-20-5-6-21(16-34)35(20)27(36)39-28(2,3)4/h13-14,20-21H,5-12,15-18H2,1-4H3. The molecule has 4 heterocycles. The van der Waals surface area contributed by atoms with Crippen molar-refractivity contribution in [3.05, 3.63) is 22.2 Å². The third-order valence-electron chi connectivity index (χ3n) is 8.45. The summed E-state index contributed by atoms with van der Waals surface area (Å²) in [5, 5.41) is 1.02. The van der Waals surface area contributed by atoms with E-state index in [1.807, 2.05) is 25.7 Å². The number of anilines is 1. The third-order valence-corrected chi connectivity index (χ3v) is 9.30. The minimum Gasteiger partial charge on any atom is -0.463 e. The molecule has 2 atom stereocenters. The Morgan fingerprint density at radius 3 is 2.46 bits per heavy atom. The van der Waals surface area contributed by atoms with Gasteiger partial charge in [0.05, 0.1) is 37.4 Å². The topological polar surface area (TPSA) is 80.3 Å². The van der Waals surface area contributed by atoms with E-state index in [2.05, 4.69) is 44.8 Å². The first-order valence-electron chi connectivity index (χ1n) is 14.3. The molecule has 2 unspecified atom stereocenters. The van der Waals surface area contributed by atoms with Crippen molar-refractivity contribution in [2.24, 2.45) is 5.41 Å². The second-order valence-corrected chi connectivity index (χ2v) is 13.7. The maximum Gasteiger partial charge on any atom is 0.410 e. The lowest BCUT2D eigenvalue weighted by molar-refractivity contribution is 0.0123. The SMILES string of the molecule is Cc1cc2c(N3CC4CCC(C3)N4C(=O)OC(C)(C)C)nc(OCC3(CN4CCOCC4)CC3)nc2cc1Br. The number of piperazine rings is 1. The first-order valence-corrected chi connectivity index (χ1v) is 15.1. The first-order chi connectivity index (χ1) is 18.6. The molecule has 1 aromatic carbocycles. The smallest absolute Gasteiger partial charge is 0.410 e. The van der Waals surface area contributed by atoms with Crippen molar-refractivity contribution in [3.8, 4) is 6.01 Å². The summed E-state index contributed by atoms with van der Waals surface area (Å²) in [4.78, 5) is 29.7. The van der Waals surface area contributed by atoms with Crippen molar-refractivity contribution in [2.75, 3.05) is 57.4 Å². The van der Waals surface area contributed by atoms with E-state index in [4.69, 9.17) is 24.2 Å². The minimum absolute atomic E-state index is 0.104. The predicted molar refractivity (Wildman–Crippen MR) is 153 cm³/mol. The van der Waals surface area contributed by atoms with Crippen LogP contribution in [0.15, 0.2) is 16.6 Å². The molecule has 3 aliphatic heterocycles. The van der Waals surface area contributed by atoms with Gasteiger partial charge in [0.15, 0.2) is 0 Å². The number of aryl methyl sites for hydroxylation is 1.